The summed E-state index contributed by atoms with van der Waals surface area (Å²) in [6, 6.07) is 13.2. The van der Waals surface area contributed by atoms with E-state index in [-0.39, 0.29) is 6.61 Å². The number of nitrogens with one attached hydrogen (secondary N) is 1. The fourth-order valence-corrected chi connectivity index (χ4v) is 1.63. The number of rotatable bonds is 5. The fourth-order valence-electron chi connectivity index (χ4n) is 1.63. The van der Waals surface area contributed by atoms with E-state index < -0.39 is 0 Å². The molecule has 0 saturated heterocycles. The second-order valence-electron chi connectivity index (χ2n) is 3.82. The summed E-state index contributed by atoms with van der Waals surface area (Å²) in [6.07, 6.45) is 0. The zero-order chi connectivity index (χ0) is 12.8. The van der Waals surface area contributed by atoms with E-state index in [0.29, 0.717) is 12.4 Å². The van der Waals surface area contributed by atoms with Crippen LogP contribution in [0.25, 0.3) is 0 Å². The Kier molecular flexibility index (Phi) is 4.15. The molecule has 1 aromatic heterocycles. The molecule has 0 aliphatic heterocycles. The maximum Gasteiger partial charge on any atom is 0.130 e. The number of benzene rings is 1. The fraction of sp³-hybridized carbons (Fsp3) is 0.214. The van der Waals surface area contributed by atoms with Crippen molar-refractivity contribution < 1.29 is 9.84 Å². The molecule has 0 radical (unpaired) electrons. The SMILES string of the molecule is CNc1cccc(COc2ccccc2CO)n1. The number of aliphatic hydroxyl groups excluding tert-OH is 1. The maximum absolute atomic E-state index is 9.19. The number of aliphatic hydroxyl groups is 1. The van der Waals surface area contributed by atoms with Gasteiger partial charge in [-0.15, -0.1) is 0 Å². The van der Waals surface area contributed by atoms with Crippen molar-refractivity contribution in [1.29, 1.82) is 0 Å². The molecular formula is C14H16N2O2. The van der Waals surface area contributed by atoms with Gasteiger partial charge < -0.3 is 15.2 Å². The molecule has 0 amide bonds. The number of aromatic nitrogens is 1. The standard InChI is InChI=1S/C14H16N2O2/c1-15-14-8-4-6-12(16-14)10-18-13-7-3-2-5-11(13)9-17/h2-8,17H,9-10H2,1H3,(H,15,16). The molecule has 2 aromatic rings. The third kappa shape index (κ3) is 2.99. The number of anilines is 1. The molecule has 0 atom stereocenters. The highest BCUT2D eigenvalue weighted by atomic mass is 16.5. The Hall–Kier alpha value is -2.07. The summed E-state index contributed by atoms with van der Waals surface area (Å²) in [4.78, 5) is 4.36. The molecular weight excluding hydrogens is 228 g/mol. The lowest BCUT2D eigenvalue weighted by molar-refractivity contribution is 0.257. The third-order valence-corrected chi connectivity index (χ3v) is 2.58. The summed E-state index contributed by atoms with van der Waals surface area (Å²) in [5, 5.41) is 12.2. The van der Waals surface area contributed by atoms with Gasteiger partial charge in [0.1, 0.15) is 18.2 Å². The third-order valence-electron chi connectivity index (χ3n) is 2.58. The van der Waals surface area contributed by atoms with Crippen molar-refractivity contribution in [2.45, 2.75) is 13.2 Å². The van der Waals surface area contributed by atoms with Crippen molar-refractivity contribution in [3.63, 3.8) is 0 Å². The van der Waals surface area contributed by atoms with Crippen LogP contribution in [0.1, 0.15) is 11.3 Å². The first-order chi connectivity index (χ1) is 8.83. The molecule has 0 bridgehead atoms. The Labute approximate surface area is 106 Å². The van der Waals surface area contributed by atoms with E-state index in [1.165, 1.54) is 0 Å². The first-order valence-electron chi connectivity index (χ1n) is 5.78. The predicted octanol–water partition coefficient (Wildman–Crippen LogP) is 2.19. The summed E-state index contributed by atoms with van der Waals surface area (Å²) in [5.74, 6) is 1.50. The number of hydrogen-bond donors (Lipinski definition) is 2. The quantitative estimate of drug-likeness (QED) is 0.846. The Balaban J connectivity index is 2.06. The summed E-state index contributed by atoms with van der Waals surface area (Å²) in [5.41, 5.74) is 1.62. The van der Waals surface area contributed by atoms with E-state index in [4.69, 9.17) is 4.74 Å². The molecule has 94 valence electrons. The van der Waals surface area contributed by atoms with Gasteiger partial charge in [-0.05, 0) is 18.2 Å². The van der Waals surface area contributed by atoms with Crippen molar-refractivity contribution in [3.05, 3.63) is 53.7 Å². The topological polar surface area (TPSA) is 54.4 Å². The number of para-hydroxylation sites is 1. The lowest BCUT2D eigenvalue weighted by Gasteiger charge is -2.10. The van der Waals surface area contributed by atoms with E-state index in [9.17, 15) is 5.11 Å². The monoisotopic (exact) mass is 244 g/mol. The summed E-state index contributed by atoms with van der Waals surface area (Å²) in [7, 11) is 1.83. The van der Waals surface area contributed by atoms with Crippen molar-refractivity contribution in [2.75, 3.05) is 12.4 Å². The molecule has 1 aromatic carbocycles. The van der Waals surface area contributed by atoms with Crippen LogP contribution < -0.4 is 10.1 Å². The van der Waals surface area contributed by atoms with Gasteiger partial charge in [-0.3, -0.25) is 0 Å². The molecule has 2 rings (SSSR count). The van der Waals surface area contributed by atoms with E-state index in [2.05, 4.69) is 10.3 Å². The molecule has 0 saturated carbocycles. The number of hydrogen-bond acceptors (Lipinski definition) is 4. The second-order valence-corrected chi connectivity index (χ2v) is 3.82. The van der Waals surface area contributed by atoms with Gasteiger partial charge in [0.2, 0.25) is 0 Å². The van der Waals surface area contributed by atoms with Crippen LogP contribution in [-0.4, -0.2) is 17.1 Å². The highest BCUT2D eigenvalue weighted by Crippen LogP contribution is 2.19. The Morgan fingerprint density at radius 2 is 2.00 bits per heavy atom. The average molecular weight is 244 g/mol. The van der Waals surface area contributed by atoms with Crippen LogP contribution in [0, 0.1) is 0 Å². The van der Waals surface area contributed by atoms with Gasteiger partial charge in [0.25, 0.3) is 0 Å². The Bertz CT molecular complexity index is 515. The van der Waals surface area contributed by atoms with Crippen LogP contribution in [0.3, 0.4) is 0 Å². The molecule has 4 nitrogen and oxygen atoms in total. The lowest BCUT2D eigenvalue weighted by atomic mass is 10.2. The van der Waals surface area contributed by atoms with Gasteiger partial charge in [-0.25, -0.2) is 4.98 Å². The highest BCUT2D eigenvalue weighted by molar-refractivity contribution is 5.35. The number of ether oxygens (including phenoxy) is 1. The maximum atomic E-state index is 9.19. The molecule has 0 unspecified atom stereocenters. The van der Waals surface area contributed by atoms with E-state index in [1.807, 2.05) is 49.5 Å². The molecule has 18 heavy (non-hydrogen) atoms. The molecule has 0 spiro atoms. The van der Waals surface area contributed by atoms with E-state index in [1.54, 1.807) is 0 Å². The molecule has 4 heteroatoms. The minimum Gasteiger partial charge on any atom is -0.487 e. The van der Waals surface area contributed by atoms with Gasteiger partial charge in [-0.1, -0.05) is 24.3 Å². The van der Waals surface area contributed by atoms with Crippen LogP contribution in [-0.2, 0) is 13.2 Å². The highest BCUT2D eigenvalue weighted by Gasteiger charge is 2.03. The first kappa shape index (κ1) is 12.4. The van der Waals surface area contributed by atoms with Crippen LogP contribution in [0.15, 0.2) is 42.5 Å². The molecule has 1 heterocycles. The van der Waals surface area contributed by atoms with Crippen molar-refractivity contribution in [2.24, 2.45) is 0 Å². The zero-order valence-corrected chi connectivity index (χ0v) is 10.3. The van der Waals surface area contributed by atoms with Gasteiger partial charge in [0.05, 0.1) is 12.3 Å². The lowest BCUT2D eigenvalue weighted by Crippen LogP contribution is -2.02. The molecule has 2 N–H and O–H groups in total. The van der Waals surface area contributed by atoms with E-state index >= 15 is 0 Å². The smallest absolute Gasteiger partial charge is 0.130 e. The minimum absolute atomic E-state index is 0.0276. The average Bonchev–Trinajstić information content (AvgIpc) is 2.45. The van der Waals surface area contributed by atoms with Crippen molar-refractivity contribution >= 4 is 5.82 Å². The Morgan fingerprint density at radius 1 is 1.17 bits per heavy atom. The normalized spacial score (nSPS) is 10.1. The first-order valence-corrected chi connectivity index (χ1v) is 5.78. The van der Waals surface area contributed by atoms with Crippen LogP contribution in [0.4, 0.5) is 5.82 Å². The summed E-state index contributed by atoms with van der Waals surface area (Å²) < 4.78 is 5.66. The number of pyridine rings is 1. The van der Waals surface area contributed by atoms with Gasteiger partial charge in [0, 0.05) is 12.6 Å². The second kappa shape index (κ2) is 6.02. The molecule has 0 aliphatic carbocycles. The summed E-state index contributed by atoms with van der Waals surface area (Å²) in [6.45, 7) is 0.354. The van der Waals surface area contributed by atoms with Crippen LogP contribution in [0.5, 0.6) is 5.75 Å². The minimum atomic E-state index is -0.0276. The van der Waals surface area contributed by atoms with Crippen molar-refractivity contribution in [3.8, 4) is 5.75 Å². The van der Waals surface area contributed by atoms with Crippen LogP contribution in [0.2, 0.25) is 0 Å². The molecule has 0 aliphatic rings. The molecule has 0 fully saturated rings. The number of nitrogens with zero attached hydrogens (tertiary/aromatic N) is 1. The van der Waals surface area contributed by atoms with Gasteiger partial charge >= 0.3 is 0 Å². The van der Waals surface area contributed by atoms with Crippen LogP contribution >= 0.6 is 0 Å². The van der Waals surface area contributed by atoms with E-state index in [0.717, 1.165) is 17.1 Å². The van der Waals surface area contributed by atoms with Gasteiger partial charge in [-0.2, -0.15) is 0 Å². The predicted molar refractivity (Wildman–Crippen MR) is 70.5 cm³/mol. The Morgan fingerprint density at radius 3 is 2.78 bits per heavy atom. The largest absolute Gasteiger partial charge is 0.487 e. The van der Waals surface area contributed by atoms with Crippen molar-refractivity contribution in [1.82, 2.24) is 4.98 Å². The van der Waals surface area contributed by atoms with Gasteiger partial charge in [0.15, 0.2) is 0 Å². The zero-order valence-electron chi connectivity index (χ0n) is 10.3. The summed E-state index contributed by atoms with van der Waals surface area (Å²) >= 11 is 0.